The van der Waals surface area contributed by atoms with Gasteiger partial charge in [-0.1, -0.05) is 11.6 Å². The molecule has 1 amide bonds. The molecular formula is C15H14ClN3O2S. The van der Waals surface area contributed by atoms with E-state index in [-0.39, 0.29) is 23.2 Å². The lowest BCUT2D eigenvalue weighted by Gasteiger charge is -2.26. The van der Waals surface area contributed by atoms with Gasteiger partial charge in [0.1, 0.15) is 5.69 Å². The van der Waals surface area contributed by atoms with Crippen LogP contribution >= 0.6 is 23.4 Å². The summed E-state index contributed by atoms with van der Waals surface area (Å²) in [6, 6.07) is 8.40. The molecule has 114 valence electrons. The quantitative estimate of drug-likeness (QED) is 0.915. The lowest BCUT2D eigenvalue weighted by Crippen LogP contribution is -2.33. The van der Waals surface area contributed by atoms with E-state index >= 15 is 0 Å². The van der Waals surface area contributed by atoms with Gasteiger partial charge >= 0.3 is 0 Å². The van der Waals surface area contributed by atoms with Gasteiger partial charge in [0.25, 0.3) is 11.5 Å². The summed E-state index contributed by atoms with van der Waals surface area (Å²) < 4.78 is 1.15. The maximum atomic E-state index is 12.3. The van der Waals surface area contributed by atoms with Crippen LogP contribution in [-0.4, -0.2) is 21.4 Å². The van der Waals surface area contributed by atoms with Crippen LogP contribution in [0.5, 0.6) is 0 Å². The van der Waals surface area contributed by atoms with Crippen molar-refractivity contribution in [2.24, 2.45) is 7.05 Å². The molecule has 1 N–H and O–H groups in total. The summed E-state index contributed by atoms with van der Waals surface area (Å²) in [4.78, 5) is 24.8. The molecule has 0 radical (unpaired) electrons. The molecule has 1 atom stereocenters. The van der Waals surface area contributed by atoms with Crippen LogP contribution in [0.25, 0.3) is 0 Å². The number of halogens is 1. The predicted octanol–water partition coefficient (Wildman–Crippen LogP) is 2.40. The summed E-state index contributed by atoms with van der Waals surface area (Å²) in [6.45, 7) is 0. The zero-order valence-electron chi connectivity index (χ0n) is 11.9. The summed E-state index contributed by atoms with van der Waals surface area (Å²) in [5.74, 6) is 0.638. The minimum atomic E-state index is -0.293. The maximum absolute atomic E-state index is 12.3. The molecule has 5 nitrogen and oxygen atoms in total. The van der Waals surface area contributed by atoms with E-state index in [0.29, 0.717) is 5.02 Å². The van der Waals surface area contributed by atoms with Crippen LogP contribution in [0.2, 0.25) is 5.02 Å². The fraction of sp³-hybridized carbons (Fsp3) is 0.267. The highest BCUT2D eigenvalue weighted by atomic mass is 35.5. The van der Waals surface area contributed by atoms with Crippen molar-refractivity contribution in [3.63, 3.8) is 0 Å². The molecule has 1 aromatic carbocycles. The third kappa shape index (κ3) is 3.03. The number of fused-ring (bicyclic) bond motifs is 1. The fourth-order valence-electron chi connectivity index (χ4n) is 2.37. The van der Waals surface area contributed by atoms with E-state index in [1.54, 1.807) is 11.8 Å². The predicted molar refractivity (Wildman–Crippen MR) is 86.5 cm³/mol. The first-order valence-electron chi connectivity index (χ1n) is 6.82. The van der Waals surface area contributed by atoms with E-state index in [1.807, 2.05) is 18.2 Å². The number of thioether (sulfide) groups is 1. The molecule has 0 fully saturated rings. The molecule has 22 heavy (non-hydrogen) atoms. The van der Waals surface area contributed by atoms with Crippen molar-refractivity contribution in [2.45, 2.75) is 17.4 Å². The highest BCUT2D eigenvalue weighted by molar-refractivity contribution is 7.99. The number of carbonyl (C=O) groups is 1. The van der Waals surface area contributed by atoms with Crippen molar-refractivity contribution in [2.75, 3.05) is 5.75 Å². The minimum Gasteiger partial charge on any atom is -0.344 e. The van der Waals surface area contributed by atoms with Crippen molar-refractivity contribution in [1.82, 2.24) is 15.1 Å². The Morgan fingerprint density at radius 3 is 3.00 bits per heavy atom. The zero-order chi connectivity index (χ0) is 15.7. The topological polar surface area (TPSA) is 64.0 Å². The smallest absolute Gasteiger partial charge is 0.272 e. The Kier molecular flexibility index (Phi) is 4.22. The second-order valence-electron chi connectivity index (χ2n) is 5.03. The largest absolute Gasteiger partial charge is 0.344 e. The summed E-state index contributed by atoms with van der Waals surface area (Å²) in [5.41, 5.74) is 1.01. The van der Waals surface area contributed by atoms with E-state index in [9.17, 15) is 9.59 Å². The molecule has 0 spiro atoms. The summed E-state index contributed by atoms with van der Waals surface area (Å²) in [6.07, 6.45) is 0.829. The summed E-state index contributed by atoms with van der Waals surface area (Å²) in [5, 5.41) is 7.60. The van der Waals surface area contributed by atoms with Gasteiger partial charge in [-0.3, -0.25) is 9.59 Å². The number of rotatable bonds is 2. The lowest BCUT2D eigenvalue weighted by atomic mass is 10.0. The molecule has 1 aliphatic rings. The van der Waals surface area contributed by atoms with Crippen LogP contribution in [0.1, 0.15) is 28.5 Å². The Morgan fingerprint density at radius 1 is 1.41 bits per heavy atom. The Morgan fingerprint density at radius 2 is 2.23 bits per heavy atom. The van der Waals surface area contributed by atoms with E-state index in [1.165, 1.54) is 19.2 Å². The molecule has 3 rings (SSSR count). The first-order chi connectivity index (χ1) is 10.5. The molecule has 7 heteroatoms. The first kappa shape index (κ1) is 15.1. The number of nitrogens with zero attached hydrogens (tertiary/aromatic N) is 2. The van der Waals surface area contributed by atoms with E-state index in [2.05, 4.69) is 10.4 Å². The highest BCUT2D eigenvalue weighted by Crippen LogP contribution is 2.37. The summed E-state index contributed by atoms with van der Waals surface area (Å²) >= 11 is 7.82. The molecule has 0 aliphatic carbocycles. The van der Waals surface area contributed by atoms with Crippen molar-refractivity contribution in [3.05, 3.63) is 57.0 Å². The molecule has 0 saturated carbocycles. The zero-order valence-corrected chi connectivity index (χ0v) is 13.4. The number of aryl methyl sites for hydroxylation is 1. The van der Waals surface area contributed by atoms with Crippen molar-refractivity contribution < 1.29 is 4.79 Å². The first-order valence-corrected chi connectivity index (χ1v) is 8.18. The Balaban J connectivity index is 1.85. The molecule has 1 aliphatic heterocycles. The number of carbonyl (C=O) groups excluding carboxylic acids is 1. The second kappa shape index (κ2) is 6.14. The average Bonchev–Trinajstić information content (AvgIpc) is 2.50. The van der Waals surface area contributed by atoms with E-state index in [0.717, 1.165) is 27.3 Å². The number of hydrogen-bond acceptors (Lipinski definition) is 4. The Labute approximate surface area is 136 Å². The second-order valence-corrected chi connectivity index (χ2v) is 6.60. The van der Waals surface area contributed by atoms with Gasteiger partial charge < -0.3 is 5.32 Å². The van der Waals surface area contributed by atoms with Gasteiger partial charge in [0.15, 0.2) is 0 Å². The number of amides is 1. The van der Waals surface area contributed by atoms with Gasteiger partial charge in [0.05, 0.1) is 6.04 Å². The fourth-order valence-corrected chi connectivity index (χ4v) is 3.66. The molecule has 0 bridgehead atoms. The SMILES string of the molecule is Cn1nc(C(=O)NC2CCSc3ccc(Cl)cc32)ccc1=O. The molecule has 1 unspecified atom stereocenters. The minimum absolute atomic E-state index is 0.0958. The van der Waals surface area contributed by atoms with Gasteiger partial charge in [-0.05, 0) is 36.2 Å². The van der Waals surface area contributed by atoms with Gasteiger partial charge in [0.2, 0.25) is 0 Å². The van der Waals surface area contributed by atoms with Crippen LogP contribution in [0, 0.1) is 0 Å². The average molecular weight is 336 g/mol. The van der Waals surface area contributed by atoms with Gasteiger partial charge in [0, 0.05) is 28.8 Å². The van der Waals surface area contributed by atoms with Crippen molar-refractivity contribution >= 4 is 29.3 Å². The van der Waals surface area contributed by atoms with Crippen LogP contribution in [0.3, 0.4) is 0 Å². The van der Waals surface area contributed by atoms with E-state index in [4.69, 9.17) is 11.6 Å². The molecule has 1 aromatic heterocycles. The van der Waals surface area contributed by atoms with Crippen LogP contribution in [0.4, 0.5) is 0 Å². The lowest BCUT2D eigenvalue weighted by molar-refractivity contribution is 0.0927. The number of benzene rings is 1. The van der Waals surface area contributed by atoms with Gasteiger partial charge in [-0.25, -0.2) is 4.68 Å². The Bertz CT molecular complexity index is 791. The van der Waals surface area contributed by atoms with Crippen molar-refractivity contribution in [3.8, 4) is 0 Å². The molecule has 0 saturated heterocycles. The standard InChI is InChI=1S/C15H14ClN3O2S/c1-19-14(20)5-3-12(18-19)15(21)17-11-6-7-22-13-4-2-9(16)8-10(11)13/h2-5,8,11H,6-7H2,1H3,(H,17,21). The van der Waals surface area contributed by atoms with Crippen LogP contribution < -0.4 is 10.9 Å². The van der Waals surface area contributed by atoms with Gasteiger partial charge in [-0.2, -0.15) is 5.10 Å². The molecule has 2 aromatic rings. The number of nitrogens with one attached hydrogen (secondary N) is 1. The molecule has 2 heterocycles. The number of hydrogen-bond donors (Lipinski definition) is 1. The third-order valence-electron chi connectivity index (χ3n) is 3.51. The normalized spacial score (nSPS) is 16.9. The van der Waals surface area contributed by atoms with E-state index < -0.39 is 0 Å². The van der Waals surface area contributed by atoms with Gasteiger partial charge in [-0.15, -0.1) is 11.8 Å². The third-order valence-corrected chi connectivity index (χ3v) is 4.87. The monoisotopic (exact) mass is 335 g/mol. The van der Waals surface area contributed by atoms with Crippen molar-refractivity contribution in [1.29, 1.82) is 0 Å². The highest BCUT2D eigenvalue weighted by Gasteiger charge is 2.23. The number of aromatic nitrogens is 2. The Hall–Kier alpha value is -1.79. The van der Waals surface area contributed by atoms with Crippen LogP contribution in [-0.2, 0) is 7.05 Å². The van der Waals surface area contributed by atoms with Crippen LogP contribution in [0.15, 0.2) is 40.0 Å². The summed E-state index contributed by atoms with van der Waals surface area (Å²) in [7, 11) is 1.52. The molecular weight excluding hydrogens is 322 g/mol. The maximum Gasteiger partial charge on any atom is 0.272 e.